The van der Waals surface area contributed by atoms with Gasteiger partial charge in [-0.2, -0.15) is 0 Å². The molecule has 19 heavy (non-hydrogen) atoms. The molecule has 2 atom stereocenters. The molecule has 0 unspecified atom stereocenters. The van der Waals surface area contributed by atoms with Gasteiger partial charge in [-0.15, -0.1) is 0 Å². The molecule has 104 valence electrons. The number of ether oxygens (including phenoxy) is 2. The average Bonchev–Trinajstić information content (AvgIpc) is 2.42. The van der Waals surface area contributed by atoms with Gasteiger partial charge in [-0.3, -0.25) is 4.79 Å². The van der Waals surface area contributed by atoms with Gasteiger partial charge < -0.3 is 14.4 Å². The number of benzene rings is 1. The van der Waals surface area contributed by atoms with E-state index in [1.165, 1.54) is 5.56 Å². The van der Waals surface area contributed by atoms with Crippen molar-refractivity contribution in [3.8, 4) is 0 Å². The van der Waals surface area contributed by atoms with Gasteiger partial charge in [0.2, 0.25) is 5.91 Å². The maximum atomic E-state index is 12.1. The Morgan fingerprint density at radius 3 is 2.68 bits per heavy atom. The maximum absolute atomic E-state index is 12.1. The van der Waals surface area contributed by atoms with Gasteiger partial charge in [0.05, 0.1) is 19.3 Å². The summed E-state index contributed by atoms with van der Waals surface area (Å²) in [6.45, 7) is 4.10. The monoisotopic (exact) mass is 263 g/mol. The summed E-state index contributed by atoms with van der Waals surface area (Å²) in [5, 5.41) is 0. The molecule has 1 amide bonds. The van der Waals surface area contributed by atoms with E-state index in [1.807, 2.05) is 23.1 Å². The Hall–Kier alpha value is -1.39. The molecule has 0 N–H and O–H groups in total. The quantitative estimate of drug-likeness (QED) is 0.735. The van der Waals surface area contributed by atoms with E-state index in [1.54, 1.807) is 7.11 Å². The van der Waals surface area contributed by atoms with Crippen molar-refractivity contribution in [2.24, 2.45) is 5.92 Å². The Labute approximate surface area is 114 Å². The lowest BCUT2D eigenvalue weighted by Crippen LogP contribution is -2.52. The fourth-order valence-corrected chi connectivity index (χ4v) is 2.49. The minimum Gasteiger partial charge on any atom is -0.382 e. The van der Waals surface area contributed by atoms with Crippen molar-refractivity contribution in [3.05, 3.63) is 35.9 Å². The number of amides is 1. The van der Waals surface area contributed by atoms with Gasteiger partial charge in [0, 0.05) is 13.7 Å². The number of carbonyl (C=O) groups excluding carboxylic acids is 1. The van der Waals surface area contributed by atoms with Crippen LogP contribution >= 0.6 is 0 Å². The van der Waals surface area contributed by atoms with Crippen molar-refractivity contribution in [1.29, 1.82) is 0 Å². The molecule has 1 heterocycles. The van der Waals surface area contributed by atoms with Crippen LogP contribution in [0.2, 0.25) is 0 Å². The first-order valence-corrected chi connectivity index (χ1v) is 6.65. The number of methoxy groups -OCH3 is 1. The molecule has 0 saturated carbocycles. The molecule has 1 aliphatic heterocycles. The molecule has 4 nitrogen and oxygen atoms in total. The molecule has 1 fully saturated rings. The third-order valence-electron chi connectivity index (χ3n) is 3.48. The van der Waals surface area contributed by atoms with Crippen LogP contribution in [0.3, 0.4) is 0 Å². The minimum absolute atomic E-state index is 0.0584. The topological polar surface area (TPSA) is 38.8 Å². The lowest BCUT2D eigenvalue weighted by molar-refractivity contribution is -0.149. The molecular formula is C15H21NO3. The van der Waals surface area contributed by atoms with Crippen molar-refractivity contribution in [3.63, 3.8) is 0 Å². The van der Waals surface area contributed by atoms with E-state index in [9.17, 15) is 4.79 Å². The first-order chi connectivity index (χ1) is 9.24. The van der Waals surface area contributed by atoms with Gasteiger partial charge in [0.25, 0.3) is 0 Å². The Morgan fingerprint density at radius 2 is 2.05 bits per heavy atom. The first-order valence-electron chi connectivity index (χ1n) is 6.65. The van der Waals surface area contributed by atoms with Gasteiger partial charge >= 0.3 is 0 Å². The van der Waals surface area contributed by atoms with E-state index >= 15 is 0 Å². The van der Waals surface area contributed by atoms with Crippen LogP contribution in [-0.4, -0.2) is 44.3 Å². The Morgan fingerprint density at radius 1 is 1.32 bits per heavy atom. The molecule has 1 aromatic carbocycles. The maximum Gasteiger partial charge on any atom is 0.249 e. The molecule has 1 aromatic rings. The number of rotatable bonds is 6. The van der Waals surface area contributed by atoms with Gasteiger partial charge in [-0.25, -0.2) is 0 Å². The highest BCUT2D eigenvalue weighted by Gasteiger charge is 2.39. The van der Waals surface area contributed by atoms with E-state index in [4.69, 9.17) is 9.47 Å². The van der Waals surface area contributed by atoms with Gasteiger partial charge in [0.15, 0.2) is 0 Å². The second-order valence-corrected chi connectivity index (χ2v) is 4.92. The summed E-state index contributed by atoms with van der Waals surface area (Å²) >= 11 is 0. The molecule has 2 rings (SSSR count). The third kappa shape index (κ3) is 3.33. The molecule has 1 saturated heterocycles. The third-order valence-corrected chi connectivity index (χ3v) is 3.48. The Balaban J connectivity index is 1.88. The van der Waals surface area contributed by atoms with Crippen LogP contribution in [0.25, 0.3) is 0 Å². The van der Waals surface area contributed by atoms with E-state index in [0.717, 1.165) is 6.54 Å². The van der Waals surface area contributed by atoms with Crippen LogP contribution < -0.4 is 0 Å². The molecule has 0 spiro atoms. The molecule has 1 aliphatic rings. The summed E-state index contributed by atoms with van der Waals surface area (Å²) in [7, 11) is 1.62. The van der Waals surface area contributed by atoms with E-state index in [-0.39, 0.29) is 18.6 Å². The van der Waals surface area contributed by atoms with Crippen LogP contribution in [-0.2, 0) is 14.3 Å². The summed E-state index contributed by atoms with van der Waals surface area (Å²) in [6, 6.07) is 10.4. The van der Waals surface area contributed by atoms with Crippen molar-refractivity contribution < 1.29 is 14.3 Å². The van der Waals surface area contributed by atoms with Crippen molar-refractivity contribution in [2.45, 2.75) is 13.0 Å². The van der Waals surface area contributed by atoms with Gasteiger partial charge in [-0.05, 0) is 11.5 Å². The van der Waals surface area contributed by atoms with Crippen molar-refractivity contribution >= 4 is 5.91 Å². The number of nitrogens with zero attached hydrogens (tertiary/aromatic N) is 1. The Kier molecular flexibility index (Phi) is 4.93. The van der Waals surface area contributed by atoms with Crippen molar-refractivity contribution in [2.75, 3.05) is 33.5 Å². The average molecular weight is 263 g/mol. The molecular weight excluding hydrogens is 242 g/mol. The van der Waals surface area contributed by atoms with Gasteiger partial charge in [0.1, 0.15) is 6.61 Å². The molecule has 4 heteroatoms. The second-order valence-electron chi connectivity index (χ2n) is 4.92. The summed E-state index contributed by atoms with van der Waals surface area (Å²) in [5.41, 5.74) is 1.20. The van der Waals surface area contributed by atoms with Crippen LogP contribution in [0.1, 0.15) is 18.5 Å². The lowest BCUT2D eigenvalue weighted by Gasteiger charge is -2.47. The summed E-state index contributed by atoms with van der Waals surface area (Å²) in [6.07, 6.45) is 0. The van der Waals surface area contributed by atoms with Crippen LogP contribution in [0, 0.1) is 5.92 Å². The SMILES string of the molecule is COCCOCC(=O)N1C[C@H](C)[C@H]1c1ccccc1. The van der Waals surface area contributed by atoms with E-state index in [2.05, 4.69) is 19.1 Å². The van der Waals surface area contributed by atoms with E-state index < -0.39 is 0 Å². The highest BCUT2D eigenvalue weighted by molar-refractivity contribution is 5.79. The Bertz CT molecular complexity index is 407. The fourth-order valence-electron chi connectivity index (χ4n) is 2.49. The van der Waals surface area contributed by atoms with Crippen LogP contribution in [0.4, 0.5) is 0 Å². The largest absolute Gasteiger partial charge is 0.382 e. The van der Waals surface area contributed by atoms with Crippen LogP contribution in [0.15, 0.2) is 30.3 Å². The lowest BCUT2D eigenvalue weighted by atomic mass is 9.85. The van der Waals surface area contributed by atoms with Gasteiger partial charge in [-0.1, -0.05) is 37.3 Å². The highest BCUT2D eigenvalue weighted by Crippen LogP contribution is 2.38. The number of hydrogen-bond acceptors (Lipinski definition) is 3. The summed E-state index contributed by atoms with van der Waals surface area (Å²) in [4.78, 5) is 14.0. The standard InChI is InChI=1S/C15H21NO3/c1-12-10-16(14(17)11-19-9-8-18-2)15(12)13-6-4-3-5-7-13/h3-7,12,15H,8-11H2,1-2H3/t12-,15-/m0/s1. The second kappa shape index (κ2) is 6.68. The van der Waals surface area contributed by atoms with E-state index in [0.29, 0.717) is 19.1 Å². The first kappa shape index (κ1) is 14.0. The minimum atomic E-state index is 0.0584. The zero-order valence-corrected chi connectivity index (χ0v) is 11.5. The predicted octanol–water partition coefficient (Wildman–Crippen LogP) is 1.87. The molecule has 0 aliphatic carbocycles. The molecule has 0 aromatic heterocycles. The zero-order valence-electron chi connectivity index (χ0n) is 11.5. The fraction of sp³-hybridized carbons (Fsp3) is 0.533. The van der Waals surface area contributed by atoms with Crippen molar-refractivity contribution in [1.82, 2.24) is 4.90 Å². The highest BCUT2D eigenvalue weighted by atomic mass is 16.5. The number of likely N-dealkylation sites (tertiary alicyclic amines) is 1. The number of carbonyl (C=O) groups is 1. The summed E-state index contributed by atoms with van der Waals surface area (Å²) in [5.74, 6) is 0.563. The summed E-state index contributed by atoms with van der Waals surface area (Å²) < 4.78 is 10.2. The van der Waals surface area contributed by atoms with Crippen LogP contribution in [0.5, 0.6) is 0 Å². The molecule has 0 bridgehead atoms. The predicted molar refractivity (Wildman–Crippen MR) is 72.8 cm³/mol. The normalized spacial score (nSPS) is 22.1. The molecule has 0 radical (unpaired) electrons. The zero-order chi connectivity index (χ0) is 13.7. The number of hydrogen-bond donors (Lipinski definition) is 0. The smallest absolute Gasteiger partial charge is 0.249 e.